The van der Waals surface area contributed by atoms with Gasteiger partial charge in [-0.1, -0.05) is 51.8 Å². The van der Waals surface area contributed by atoms with E-state index in [1.54, 1.807) is 0 Å². The molecule has 31 heavy (non-hydrogen) atoms. The molecule has 3 N–H and O–H groups in total. The molecule has 6 heteroatoms. The first-order valence-corrected chi connectivity index (χ1v) is 11.9. The van der Waals surface area contributed by atoms with Gasteiger partial charge in [0, 0.05) is 26.9 Å². The van der Waals surface area contributed by atoms with Crippen molar-refractivity contribution < 1.29 is 9.90 Å². The molecule has 1 heterocycles. The molecule has 4 nitrogen and oxygen atoms in total. The maximum atomic E-state index is 13.1. The van der Waals surface area contributed by atoms with Gasteiger partial charge in [0.15, 0.2) is 0 Å². The van der Waals surface area contributed by atoms with E-state index in [0.717, 1.165) is 58.7 Å². The number of halogens is 2. The standard InChI is InChI=1S/C25H26BrClN2O2/c26-18-6-11-21-23(15-18)29-22(12-5-16-1-7-19(27)8-2-16)24(21)25(31)28-14-13-17-3-9-20(30)10-4-17/h1-2,5-8,11-12,15,17,20,29-30H,3-4,9-10,13-14H2,(H,28,31)/b12-5+. The largest absolute Gasteiger partial charge is 0.393 e. The Morgan fingerprint density at radius 3 is 2.61 bits per heavy atom. The summed E-state index contributed by atoms with van der Waals surface area (Å²) in [6.45, 7) is 0.642. The lowest BCUT2D eigenvalue weighted by atomic mass is 9.85. The van der Waals surface area contributed by atoms with Crippen molar-refractivity contribution in [3.05, 3.63) is 68.8 Å². The van der Waals surface area contributed by atoms with Gasteiger partial charge in [-0.15, -0.1) is 0 Å². The normalized spacial score (nSPS) is 19.2. The molecule has 1 saturated carbocycles. The number of carbonyl (C=O) groups is 1. The van der Waals surface area contributed by atoms with Crippen LogP contribution in [0.5, 0.6) is 0 Å². The highest BCUT2D eigenvalue weighted by Crippen LogP contribution is 2.28. The van der Waals surface area contributed by atoms with Crippen LogP contribution >= 0.6 is 27.5 Å². The van der Waals surface area contributed by atoms with Crippen LogP contribution in [0.3, 0.4) is 0 Å². The Hall–Kier alpha value is -2.08. The Morgan fingerprint density at radius 1 is 1.13 bits per heavy atom. The van der Waals surface area contributed by atoms with Gasteiger partial charge in [-0.25, -0.2) is 0 Å². The van der Waals surface area contributed by atoms with Crippen LogP contribution in [0.2, 0.25) is 5.02 Å². The number of carbonyl (C=O) groups excluding carboxylic acids is 1. The van der Waals surface area contributed by atoms with Gasteiger partial charge in [0.25, 0.3) is 5.91 Å². The molecule has 0 aliphatic heterocycles. The molecule has 0 atom stereocenters. The predicted molar refractivity (Wildman–Crippen MR) is 131 cm³/mol. The molecule has 2 aromatic carbocycles. The van der Waals surface area contributed by atoms with Crippen LogP contribution in [0.15, 0.2) is 46.9 Å². The third-order valence-corrected chi connectivity index (χ3v) is 6.73. The summed E-state index contributed by atoms with van der Waals surface area (Å²) < 4.78 is 0.959. The maximum absolute atomic E-state index is 13.1. The SMILES string of the molecule is O=C(NCCC1CCC(O)CC1)c1c(/C=C/c2ccc(Cl)cc2)[nH]c2cc(Br)ccc12. The van der Waals surface area contributed by atoms with Gasteiger partial charge in [-0.05, 0) is 73.9 Å². The Labute approximate surface area is 195 Å². The monoisotopic (exact) mass is 500 g/mol. The van der Waals surface area contributed by atoms with Gasteiger partial charge in [0.1, 0.15) is 0 Å². The van der Waals surface area contributed by atoms with E-state index < -0.39 is 0 Å². The summed E-state index contributed by atoms with van der Waals surface area (Å²) in [7, 11) is 0. The number of fused-ring (bicyclic) bond motifs is 1. The summed E-state index contributed by atoms with van der Waals surface area (Å²) >= 11 is 9.48. The number of H-pyrrole nitrogens is 1. The molecule has 0 saturated heterocycles. The number of rotatable bonds is 6. The van der Waals surface area contributed by atoms with Crippen molar-refractivity contribution in [2.45, 2.75) is 38.2 Å². The average Bonchev–Trinajstić information content (AvgIpc) is 3.12. The molecule has 0 unspecified atom stereocenters. The molecule has 3 aromatic rings. The minimum Gasteiger partial charge on any atom is -0.393 e. The summed E-state index contributed by atoms with van der Waals surface area (Å²) in [6.07, 6.45) is 8.52. The minimum atomic E-state index is -0.147. The fourth-order valence-electron chi connectivity index (χ4n) is 4.23. The number of aromatic amines is 1. The Morgan fingerprint density at radius 2 is 1.87 bits per heavy atom. The van der Waals surface area contributed by atoms with Crippen molar-refractivity contribution in [3.8, 4) is 0 Å². The summed E-state index contributed by atoms with van der Waals surface area (Å²) in [5.41, 5.74) is 3.36. The lowest BCUT2D eigenvalue weighted by Gasteiger charge is -2.25. The molecule has 0 spiro atoms. The summed E-state index contributed by atoms with van der Waals surface area (Å²) in [4.78, 5) is 16.5. The van der Waals surface area contributed by atoms with Gasteiger partial charge in [-0.3, -0.25) is 4.79 Å². The van der Waals surface area contributed by atoms with Crippen LogP contribution in [0, 0.1) is 5.92 Å². The van der Waals surface area contributed by atoms with E-state index in [2.05, 4.69) is 26.2 Å². The zero-order valence-electron chi connectivity index (χ0n) is 17.2. The molecule has 162 valence electrons. The number of benzene rings is 2. The van der Waals surface area contributed by atoms with Crippen molar-refractivity contribution >= 4 is 56.5 Å². The molecular weight excluding hydrogens is 476 g/mol. The van der Waals surface area contributed by atoms with Crippen LogP contribution < -0.4 is 5.32 Å². The molecule has 1 fully saturated rings. The van der Waals surface area contributed by atoms with Crippen molar-refractivity contribution in [3.63, 3.8) is 0 Å². The molecule has 0 bridgehead atoms. The smallest absolute Gasteiger partial charge is 0.254 e. The number of nitrogens with one attached hydrogen (secondary N) is 2. The molecule has 1 aliphatic rings. The molecule has 0 radical (unpaired) electrons. The van der Waals surface area contributed by atoms with Crippen molar-refractivity contribution in [2.75, 3.05) is 6.54 Å². The highest BCUT2D eigenvalue weighted by Gasteiger charge is 2.21. The summed E-state index contributed by atoms with van der Waals surface area (Å²) in [5.74, 6) is 0.507. The first kappa shape index (κ1) is 22.1. The fraction of sp³-hybridized carbons (Fsp3) is 0.320. The molecule has 1 amide bonds. The van der Waals surface area contributed by atoms with Crippen molar-refractivity contribution in [1.29, 1.82) is 0 Å². The van der Waals surface area contributed by atoms with E-state index in [1.807, 2.05) is 54.6 Å². The second-order valence-electron chi connectivity index (χ2n) is 8.21. The van der Waals surface area contributed by atoms with Gasteiger partial charge in [0.05, 0.1) is 17.4 Å². The highest BCUT2D eigenvalue weighted by molar-refractivity contribution is 9.10. The fourth-order valence-corrected chi connectivity index (χ4v) is 4.71. The van der Waals surface area contributed by atoms with Crippen molar-refractivity contribution in [1.82, 2.24) is 10.3 Å². The van der Waals surface area contributed by atoms with Gasteiger partial charge >= 0.3 is 0 Å². The zero-order valence-corrected chi connectivity index (χ0v) is 19.5. The first-order valence-electron chi connectivity index (χ1n) is 10.7. The quantitative estimate of drug-likeness (QED) is 0.365. The highest BCUT2D eigenvalue weighted by atomic mass is 79.9. The lowest BCUT2D eigenvalue weighted by molar-refractivity contribution is 0.0933. The number of aliphatic hydroxyl groups is 1. The minimum absolute atomic E-state index is 0.0693. The summed E-state index contributed by atoms with van der Waals surface area (Å²) in [5, 5.41) is 14.4. The van der Waals surface area contributed by atoms with E-state index in [9.17, 15) is 9.90 Å². The molecule has 1 aromatic heterocycles. The second-order valence-corrected chi connectivity index (χ2v) is 9.56. The third-order valence-electron chi connectivity index (χ3n) is 5.98. The number of hydrogen-bond donors (Lipinski definition) is 3. The average molecular weight is 502 g/mol. The van der Waals surface area contributed by atoms with E-state index in [1.165, 1.54) is 0 Å². The van der Waals surface area contributed by atoms with Gasteiger partial charge < -0.3 is 15.4 Å². The van der Waals surface area contributed by atoms with E-state index in [4.69, 9.17) is 11.6 Å². The lowest BCUT2D eigenvalue weighted by Crippen LogP contribution is -2.28. The Balaban J connectivity index is 1.52. The zero-order chi connectivity index (χ0) is 21.8. The number of aromatic nitrogens is 1. The van der Waals surface area contributed by atoms with E-state index >= 15 is 0 Å². The van der Waals surface area contributed by atoms with Crippen LogP contribution in [0.4, 0.5) is 0 Å². The van der Waals surface area contributed by atoms with E-state index in [-0.39, 0.29) is 12.0 Å². The van der Waals surface area contributed by atoms with Crippen LogP contribution in [0.25, 0.3) is 23.1 Å². The first-order chi connectivity index (χ1) is 15.0. The third kappa shape index (κ3) is 5.59. The number of hydrogen-bond acceptors (Lipinski definition) is 2. The van der Waals surface area contributed by atoms with Crippen LogP contribution in [0.1, 0.15) is 53.7 Å². The Kier molecular flexibility index (Phi) is 7.16. The molecule has 4 rings (SSSR count). The van der Waals surface area contributed by atoms with E-state index in [0.29, 0.717) is 23.0 Å². The van der Waals surface area contributed by atoms with Crippen LogP contribution in [-0.4, -0.2) is 28.6 Å². The predicted octanol–water partition coefficient (Wildman–Crippen LogP) is 6.43. The maximum Gasteiger partial charge on any atom is 0.254 e. The summed E-state index contributed by atoms with van der Waals surface area (Å²) in [6, 6.07) is 13.5. The van der Waals surface area contributed by atoms with Crippen LogP contribution in [-0.2, 0) is 0 Å². The topological polar surface area (TPSA) is 65.1 Å². The second kappa shape index (κ2) is 10.0. The van der Waals surface area contributed by atoms with Gasteiger partial charge in [-0.2, -0.15) is 0 Å². The number of amides is 1. The number of aliphatic hydroxyl groups excluding tert-OH is 1. The molecular formula is C25H26BrClN2O2. The van der Waals surface area contributed by atoms with Gasteiger partial charge in [0.2, 0.25) is 0 Å². The van der Waals surface area contributed by atoms with Crippen molar-refractivity contribution in [2.24, 2.45) is 5.92 Å². The Bertz CT molecular complexity index is 1080. The molecule has 1 aliphatic carbocycles.